The zero-order chi connectivity index (χ0) is 13.0. The highest BCUT2D eigenvalue weighted by Gasteiger charge is 2.18. The van der Waals surface area contributed by atoms with Gasteiger partial charge in [-0.15, -0.1) is 0 Å². The van der Waals surface area contributed by atoms with E-state index in [1.165, 1.54) is 12.1 Å². The van der Waals surface area contributed by atoms with E-state index in [4.69, 9.17) is 0 Å². The molecule has 2 rings (SSSR count). The second kappa shape index (κ2) is 5.96. The Morgan fingerprint density at radius 1 is 1.56 bits per heavy atom. The van der Waals surface area contributed by atoms with Crippen LogP contribution in [0, 0.1) is 11.7 Å². The summed E-state index contributed by atoms with van der Waals surface area (Å²) in [6.07, 6.45) is 0.406. The molecule has 1 amide bonds. The highest BCUT2D eigenvalue weighted by molar-refractivity contribution is 5.76. The lowest BCUT2D eigenvalue weighted by Gasteiger charge is -2.27. The van der Waals surface area contributed by atoms with Crippen LogP contribution in [0.5, 0.6) is 0 Å². The molecule has 1 atom stereocenters. The van der Waals surface area contributed by atoms with Gasteiger partial charge in [0, 0.05) is 32.0 Å². The smallest absolute Gasteiger partial charge is 0.220 e. The predicted molar refractivity (Wildman–Crippen MR) is 68.8 cm³/mol. The molecule has 1 aromatic carbocycles. The summed E-state index contributed by atoms with van der Waals surface area (Å²) in [4.78, 5) is 11.7. The van der Waals surface area contributed by atoms with E-state index >= 15 is 0 Å². The molecule has 4 heteroatoms. The van der Waals surface area contributed by atoms with Gasteiger partial charge in [-0.05, 0) is 23.6 Å². The van der Waals surface area contributed by atoms with E-state index in [9.17, 15) is 9.18 Å². The van der Waals surface area contributed by atoms with E-state index in [2.05, 4.69) is 10.6 Å². The van der Waals surface area contributed by atoms with Crippen LogP contribution < -0.4 is 10.6 Å². The van der Waals surface area contributed by atoms with Crippen molar-refractivity contribution in [2.75, 3.05) is 19.6 Å². The molecule has 1 aromatic rings. The third-order valence-corrected chi connectivity index (χ3v) is 3.36. The summed E-state index contributed by atoms with van der Waals surface area (Å²) in [7, 11) is 0. The Hall–Kier alpha value is -1.42. The van der Waals surface area contributed by atoms with E-state index in [1.54, 1.807) is 6.07 Å². The fourth-order valence-electron chi connectivity index (χ4n) is 2.03. The summed E-state index contributed by atoms with van der Waals surface area (Å²) < 4.78 is 13.1. The number of rotatable bonds is 5. The number of benzene rings is 1. The molecule has 1 aliphatic heterocycles. The van der Waals surface area contributed by atoms with Crippen molar-refractivity contribution in [1.82, 2.24) is 10.6 Å². The Balaban J connectivity index is 1.78. The number of nitrogens with one attached hydrogen (secondary N) is 2. The minimum Gasteiger partial charge on any atom is -0.356 e. The Labute approximate surface area is 107 Å². The van der Waals surface area contributed by atoms with Crippen molar-refractivity contribution >= 4 is 5.91 Å². The van der Waals surface area contributed by atoms with Crippen molar-refractivity contribution in [2.24, 2.45) is 5.92 Å². The van der Waals surface area contributed by atoms with E-state index < -0.39 is 0 Å². The molecule has 0 spiro atoms. The van der Waals surface area contributed by atoms with Gasteiger partial charge in [-0.25, -0.2) is 4.39 Å². The van der Waals surface area contributed by atoms with Crippen molar-refractivity contribution in [3.8, 4) is 0 Å². The summed E-state index contributed by atoms with van der Waals surface area (Å²) in [6, 6.07) is 6.45. The second-order valence-electron chi connectivity index (χ2n) is 4.99. The van der Waals surface area contributed by atoms with Crippen molar-refractivity contribution in [2.45, 2.75) is 19.3 Å². The molecule has 98 valence electrons. The maximum absolute atomic E-state index is 13.1. The van der Waals surface area contributed by atoms with Crippen molar-refractivity contribution in [3.05, 3.63) is 35.6 Å². The van der Waals surface area contributed by atoms with Crippen LogP contribution in [0.15, 0.2) is 24.3 Å². The number of halogens is 1. The minimum absolute atomic E-state index is 0.0404. The van der Waals surface area contributed by atoms with Gasteiger partial charge < -0.3 is 10.6 Å². The fourth-order valence-corrected chi connectivity index (χ4v) is 2.03. The van der Waals surface area contributed by atoms with Crippen LogP contribution in [0.1, 0.15) is 24.8 Å². The van der Waals surface area contributed by atoms with Gasteiger partial charge in [-0.1, -0.05) is 19.1 Å². The average molecular weight is 250 g/mol. The lowest BCUT2D eigenvalue weighted by Crippen LogP contribution is -2.48. The molecule has 1 saturated heterocycles. The molecule has 1 heterocycles. The van der Waals surface area contributed by atoms with Crippen LogP contribution in [0.25, 0.3) is 0 Å². The Morgan fingerprint density at radius 2 is 2.33 bits per heavy atom. The molecule has 3 nitrogen and oxygen atoms in total. The molecule has 0 radical (unpaired) electrons. The largest absolute Gasteiger partial charge is 0.356 e. The molecule has 0 bridgehead atoms. The molecule has 1 unspecified atom stereocenters. The average Bonchev–Trinajstić information content (AvgIpc) is 2.26. The second-order valence-corrected chi connectivity index (χ2v) is 4.99. The number of amides is 1. The van der Waals surface area contributed by atoms with Crippen LogP contribution in [0.4, 0.5) is 4.39 Å². The number of hydrogen-bond donors (Lipinski definition) is 2. The van der Waals surface area contributed by atoms with Crippen molar-refractivity contribution in [3.63, 3.8) is 0 Å². The number of hydrogen-bond acceptors (Lipinski definition) is 2. The SMILES string of the molecule is CC(CC(=O)NCC1CNC1)c1cccc(F)c1. The van der Waals surface area contributed by atoms with Crippen molar-refractivity contribution in [1.29, 1.82) is 0 Å². The maximum atomic E-state index is 13.1. The molecular weight excluding hydrogens is 231 g/mol. The van der Waals surface area contributed by atoms with Crippen LogP contribution >= 0.6 is 0 Å². The normalized spacial score (nSPS) is 17.0. The summed E-state index contributed by atoms with van der Waals surface area (Å²) in [6.45, 7) is 4.65. The molecule has 0 aliphatic carbocycles. The van der Waals surface area contributed by atoms with Gasteiger partial charge in [0.1, 0.15) is 5.82 Å². The Kier molecular flexibility index (Phi) is 4.31. The first-order valence-corrected chi connectivity index (χ1v) is 6.38. The van der Waals surface area contributed by atoms with Gasteiger partial charge in [-0.2, -0.15) is 0 Å². The van der Waals surface area contributed by atoms with Gasteiger partial charge in [0.05, 0.1) is 0 Å². The topological polar surface area (TPSA) is 41.1 Å². The highest BCUT2D eigenvalue weighted by atomic mass is 19.1. The van der Waals surface area contributed by atoms with Crippen molar-refractivity contribution < 1.29 is 9.18 Å². The summed E-state index contributed by atoms with van der Waals surface area (Å²) in [5, 5.41) is 6.09. The first-order valence-electron chi connectivity index (χ1n) is 6.38. The van der Waals surface area contributed by atoms with Gasteiger partial charge in [0.2, 0.25) is 5.91 Å². The van der Waals surface area contributed by atoms with Gasteiger partial charge in [0.15, 0.2) is 0 Å². The van der Waals surface area contributed by atoms with E-state index in [0.29, 0.717) is 12.3 Å². The lowest BCUT2D eigenvalue weighted by molar-refractivity contribution is -0.121. The zero-order valence-corrected chi connectivity index (χ0v) is 10.6. The molecule has 18 heavy (non-hydrogen) atoms. The third kappa shape index (κ3) is 3.53. The number of carbonyl (C=O) groups excluding carboxylic acids is 1. The first kappa shape index (κ1) is 13.0. The summed E-state index contributed by atoms with van der Waals surface area (Å²) in [5.74, 6) is 0.401. The molecular formula is C14H19FN2O. The van der Waals surface area contributed by atoms with Gasteiger partial charge >= 0.3 is 0 Å². The molecule has 1 fully saturated rings. The van der Waals surface area contributed by atoms with E-state index in [1.807, 2.05) is 13.0 Å². The van der Waals surface area contributed by atoms with Crippen LogP contribution in [0.3, 0.4) is 0 Å². The molecule has 0 aromatic heterocycles. The first-order chi connectivity index (χ1) is 8.65. The molecule has 0 saturated carbocycles. The highest BCUT2D eigenvalue weighted by Crippen LogP contribution is 2.19. The van der Waals surface area contributed by atoms with Gasteiger partial charge in [-0.3, -0.25) is 4.79 Å². The Bertz CT molecular complexity index is 418. The minimum atomic E-state index is -0.250. The van der Waals surface area contributed by atoms with Crippen LogP contribution in [-0.2, 0) is 4.79 Å². The summed E-state index contributed by atoms with van der Waals surface area (Å²) in [5.41, 5.74) is 0.871. The Morgan fingerprint density at radius 3 is 2.94 bits per heavy atom. The quantitative estimate of drug-likeness (QED) is 0.834. The van der Waals surface area contributed by atoms with E-state index in [0.717, 1.165) is 25.2 Å². The summed E-state index contributed by atoms with van der Waals surface area (Å²) >= 11 is 0. The monoisotopic (exact) mass is 250 g/mol. The van der Waals surface area contributed by atoms with E-state index in [-0.39, 0.29) is 17.6 Å². The van der Waals surface area contributed by atoms with Crippen LogP contribution in [0.2, 0.25) is 0 Å². The molecule has 1 aliphatic rings. The standard InChI is InChI=1S/C14H19FN2O/c1-10(12-3-2-4-13(15)6-12)5-14(18)17-9-11-7-16-8-11/h2-4,6,10-11,16H,5,7-9H2,1H3,(H,17,18). The third-order valence-electron chi connectivity index (χ3n) is 3.36. The molecule has 2 N–H and O–H groups in total. The van der Waals surface area contributed by atoms with Gasteiger partial charge in [0.25, 0.3) is 0 Å². The lowest BCUT2D eigenvalue weighted by atomic mass is 9.97. The zero-order valence-electron chi connectivity index (χ0n) is 10.6. The van der Waals surface area contributed by atoms with Crippen LogP contribution in [-0.4, -0.2) is 25.5 Å². The predicted octanol–water partition coefficient (Wildman–Crippen LogP) is 1.65. The fraction of sp³-hybridized carbons (Fsp3) is 0.500. The maximum Gasteiger partial charge on any atom is 0.220 e. The number of carbonyl (C=O) groups is 1.